The number of carbonyl (C=O) groups excluding carboxylic acids is 2. The number of carbonyl (C=O) groups is 2. The zero-order valence-electron chi connectivity index (χ0n) is 22.4. The average Bonchev–Trinajstić information content (AvgIpc) is 2.96. The number of hydrogen-bond donors (Lipinski definition) is 0. The van der Waals surface area contributed by atoms with Gasteiger partial charge in [-0.25, -0.2) is 9.59 Å². The molecule has 0 N–H and O–H groups in total. The Kier molecular flexibility index (Phi) is 8.28. The molecule has 0 bridgehead atoms. The van der Waals surface area contributed by atoms with Gasteiger partial charge in [-0.15, -0.1) is 0 Å². The van der Waals surface area contributed by atoms with Crippen LogP contribution < -0.4 is 0 Å². The van der Waals surface area contributed by atoms with E-state index < -0.39 is 0 Å². The van der Waals surface area contributed by atoms with Crippen molar-refractivity contribution in [2.45, 2.75) is 70.4 Å². The fraction of sp³-hybridized carbons (Fsp3) is 0.433. The van der Waals surface area contributed by atoms with Gasteiger partial charge < -0.3 is 18.9 Å². The summed E-state index contributed by atoms with van der Waals surface area (Å²) in [5.41, 5.74) is 4.49. The lowest BCUT2D eigenvalue weighted by molar-refractivity contribution is -0.382. The summed E-state index contributed by atoms with van der Waals surface area (Å²) in [4.78, 5) is 38.9. The molecule has 2 fully saturated rings. The van der Waals surface area contributed by atoms with Crippen molar-refractivity contribution in [3.8, 4) is 0 Å². The van der Waals surface area contributed by atoms with E-state index in [4.69, 9.17) is 23.9 Å². The highest BCUT2D eigenvalue weighted by molar-refractivity contribution is 5.89. The molecule has 5 rings (SSSR count). The Hall–Kier alpha value is -3.69. The van der Waals surface area contributed by atoms with Crippen LogP contribution in [0.5, 0.6) is 0 Å². The SMILES string of the molecule is CCOC(=O)c1ccnc([C@@H]2CC(c3cc(C4OC(C)O4)ccn3)C[C@H](c3cc(C(=O)OCC)ccn3)C2)c1. The largest absolute Gasteiger partial charge is 0.462 e. The third kappa shape index (κ3) is 6.15. The third-order valence-corrected chi connectivity index (χ3v) is 7.25. The molecule has 39 heavy (non-hydrogen) atoms. The molecular formula is C30H33N3O6. The molecule has 1 saturated heterocycles. The van der Waals surface area contributed by atoms with Crippen molar-refractivity contribution in [2.24, 2.45) is 0 Å². The Morgan fingerprint density at radius 3 is 1.62 bits per heavy atom. The highest BCUT2D eigenvalue weighted by Crippen LogP contribution is 2.47. The fourth-order valence-corrected chi connectivity index (χ4v) is 5.42. The van der Waals surface area contributed by atoms with Crippen molar-refractivity contribution >= 4 is 11.9 Å². The van der Waals surface area contributed by atoms with Crippen molar-refractivity contribution in [1.82, 2.24) is 15.0 Å². The minimum absolute atomic E-state index is 0.0397. The quantitative estimate of drug-likeness (QED) is 0.350. The molecule has 9 heteroatoms. The van der Waals surface area contributed by atoms with E-state index in [1.54, 1.807) is 44.6 Å². The second kappa shape index (κ2) is 12.0. The molecule has 0 radical (unpaired) electrons. The van der Waals surface area contributed by atoms with Crippen LogP contribution in [0.25, 0.3) is 0 Å². The van der Waals surface area contributed by atoms with E-state index >= 15 is 0 Å². The number of esters is 2. The first-order valence-electron chi connectivity index (χ1n) is 13.5. The van der Waals surface area contributed by atoms with Crippen molar-refractivity contribution in [3.63, 3.8) is 0 Å². The summed E-state index contributed by atoms with van der Waals surface area (Å²) >= 11 is 0. The fourth-order valence-electron chi connectivity index (χ4n) is 5.42. The normalized spacial score (nSPS) is 24.4. The van der Waals surface area contributed by atoms with Crippen LogP contribution in [0.15, 0.2) is 55.0 Å². The maximum Gasteiger partial charge on any atom is 0.338 e. The molecule has 1 aliphatic heterocycles. The second-order valence-electron chi connectivity index (χ2n) is 9.86. The molecule has 2 aliphatic rings. The molecule has 1 aliphatic carbocycles. The first-order valence-corrected chi connectivity index (χ1v) is 13.5. The molecule has 3 aromatic rings. The van der Waals surface area contributed by atoms with E-state index in [2.05, 4.69) is 9.97 Å². The molecule has 0 aromatic carbocycles. The Labute approximate surface area is 227 Å². The van der Waals surface area contributed by atoms with Gasteiger partial charge in [0.1, 0.15) is 0 Å². The van der Waals surface area contributed by atoms with E-state index in [0.29, 0.717) is 24.3 Å². The molecule has 1 unspecified atom stereocenters. The average molecular weight is 532 g/mol. The summed E-state index contributed by atoms with van der Waals surface area (Å²) in [7, 11) is 0. The van der Waals surface area contributed by atoms with Gasteiger partial charge in [-0.2, -0.15) is 0 Å². The molecule has 3 atom stereocenters. The molecule has 0 spiro atoms. The molecular weight excluding hydrogens is 498 g/mol. The van der Waals surface area contributed by atoms with Crippen molar-refractivity contribution in [1.29, 1.82) is 0 Å². The van der Waals surface area contributed by atoms with E-state index in [1.165, 1.54) is 0 Å². The third-order valence-electron chi connectivity index (χ3n) is 7.25. The number of ether oxygens (including phenoxy) is 4. The van der Waals surface area contributed by atoms with Gasteiger partial charge in [0.25, 0.3) is 0 Å². The lowest BCUT2D eigenvalue weighted by Gasteiger charge is -2.36. The predicted molar refractivity (Wildman–Crippen MR) is 141 cm³/mol. The van der Waals surface area contributed by atoms with Crippen LogP contribution in [-0.4, -0.2) is 46.4 Å². The van der Waals surface area contributed by atoms with E-state index in [9.17, 15) is 9.59 Å². The molecule has 204 valence electrons. The molecule has 3 aromatic heterocycles. The van der Waals surface area contributed by atoms with Crippen LogP contribution in [0.1, 0.15) is 107 Å². The van der Waals surface area contributed by atoms with Gasteiger partial charge in [-0.1, -0.05) is 0 Å². The number of pyridine rings is 3. The van der Waals surface area contributed by atoms with Crippen molar-refractivity contribution in [2.75, 3.05) is 13.2 Å². The standard InChI is InChI=1S/C30H33N3O6/c1-4-36-28(34)19-6-9-31-25(15-19)22-12-23(26-16-20(7-10-32-26)29(35)37-5-2)14-24(13-22)27-17-21(8-11-33-27)30-38-18(3)39-30/h6-11,15-18,22-24,30H,4-5,12-14H2,1-3H3/t18?,22-,23+,24?,30?. The van der Waals surface area contributed by atoms with Gasteiger partial charge in [0.05, 0.1) is 24.3 Å². The zero-order chi connectivity index (χ0) is 27.4. The summed E-state index contributed by atoms with van der Waals surface area (Å²) in [6, 6.07) is 11.0. The topological polar surface area (TPSA) is 110 Å². The monoisotopic (exact) mass is 531 g/mol. The summed E-state index contributed by atoms with van der Waals surface area (Å²) in [5.74, 6) is -0.557. The Balaban J connectivity index is 1.47. The van der Waals surface area contributed by atoms with Gasteiger partial charge in [0.15, 0.2) is 12.6 Å². The first-order chi connectivity index (χ1) is 18.9. The smallest absolute Gasteiger partial charge is 0.338 e. The summed E-state index contributed by atoms with van der Waals surface area (Å²) < 4.78 is 21.8. The van der Waals surface area contributed by atoms with Crippen molar-refractivity contribution in [3.05, 3.63) is 88.8 Å². The van der Waals surface area contributed by atoms with Gasteiger partial charge in [-0.3, -0.25) is 15.0 Å². The van der Waals surface area contributed by atoms with E-state index in [1.807, 2.05) is 31.2 Å². The first kappa shape index (κ1) is 26.9. The molecule has 0 amide bonds. The number of hydrogen-bond acceptors (Lipinski definition) is 9. The summed E-state index contributed by atoms with van der Waals surface area (Å²) in [5, 5.41) is 0. The van der Waals surface area contributed by atoms with Crippen molar-refractivity contribution < 1.29 is 28.5 Å². The minimum atomic E-state index is -0.386. The predicted octanol–water partition coefficient (Wildman–Crippen LogP) is 5.45. The summed E-state index contributed by atoms with van der Waals surface area (Å²) in [6.45, 7) is 6.05. The highest BCUT2D eigenvalue weighted by atomic mass is 16.9. The number of nitrogens with zero attached hydrogens (tertiary/aromatic N) is 3. The minimum Gasteiger partial charge on any atom is -0.462 e. The van der Waals surface area contributed by atoms with Gasteiger partial charge >= 0.3 is 11.9 Å². The Bertz CT molecular complexity index is 1260. The van der Waals surface area contributed by atoms with Crippen LogP contribution in [0.4, 0.5) is 0 Å². The molecule has 4 heterocycles. The maximum absolute atomic E-state index is 12.4. The zero-order valence-corrected chi connectivity index (χ0v) is 22.4. The van der Waals surface area contributed by atoms with Crippen LogP contribution in [0, 0.1) is 0 Å². The van der Waals surface area contributed by atoms with Gasteiger partial charge in [0, 0.05) is 59.0 Å². The van der Waals surface area contributed by atoms with Crippen LogP contribution in [-0.2, 0) is 18.9 Å². The number of rotatable bonds is 8. The highest BCUT2D eigenvalue weighted by Gasteiger charge is 2.35. The van der Waals surface area contributed by atoms with Gasteiger partial charge in [-0.05, 0) is 76.4 Å². The number of aromatic nitrogens is 3. The summed E-state index contributed by atoms with van der Waals surface area (Å²) in [6.07, 6.45) is 6.86. The lowest BCUT2D eigenvalue weighted by Crippen LogP contribution is -2.31. The van der Waals surface area contributed by atoms with E-state index in [0.717, 1.165) is 41.9 Å². The Morgan fingerprint density at radius 1 is 0.744 bits per heavy atom. The van der Waals surface area contributed by atoms with Gasteiger partial charge in [0.2, 0.25) is 0 Å². The van der Waals surface area contributed by atoms with E-state index in [-0.39, 0.29) is 42.3 Å². The molecule has 9 nitrogen and oxygen atoms in total. The maximum atomic E-state index is 12.4. The van der Waals surface area contributed by atoms with Crippen LogP contribution in [0.2, 0.25) is 0 Å². The Morgan fingerprint density at radius 2 is 1.18 bits per heavy atom. The van der Waals surface area contributed by atoms with Crippen LogP contribution in [0.3, 0.4) is 0 Å². The molecule has 1 saturated carbocycles. The lowest BCUT2D eigenvalue weighted by atomic mass is 9.71. The van der Waals surface area contributed by atoms with Crippen LogP contribution >= 0.6 is 0 Å². The second-order valence-corrected chi connectivity index (χ2v) is 9.86.